The third-order valence-electron chi connectivity index (χ3n) is 3.93. The third-order valence-corrected chi connectivity index (χ3v) is 3.93. The van der Waals surface area contributed by atoms with Gasteiger partial charge in [-0.2, -0.15) is 0 Å². The molecule has 2 amide bonds. The SMILES string of the molecule is Cc1cccc(C(=O)N[C@@H]2CCN(c3ccc(F)cc3)C2=O)c1. The number of amides is 2. The summed E-state index contributed by atoms with van der Waals surface area (Å²) in [6, 6.07) is 12.5. The fraction of sp³-hybridized carbons (Fsp3) is 0.222. The van der Waals surface area contributed by atoms with Crippen LogP contribution in [0, 0.1) is 12.7 Å². The molecule has 1 N–H and O–H groups in total. The van der Waals surface area contributed by atoms with E-state index >= 15 is 0 Å². The Morgan fingerprint density at radius 3 is 2.65 bits per heavy atom. The van der Waals surface area contributed by atoms with Crippen molar-refractivity contribution in [3.05, 3.63) is 65.5 Å². The predicted molar refractivity (Wildman–Crippen MR) is 85.8 cm³/mol. The van der Waals surface area contributed by atoms with Crippen molar-refractivity contribution in [1.29, 1.82) is 0 Å². The van der Waals surface area contributed by atoms with Crippen LogP contribution >= 0.6 is 0 Å². The molecule has 0 aromatic heterocycles. The van der Waals surface area contributed by atoms with E-state index in [0.717, 1.165) is 5.56 Å². The Kier molecular flexibility index (Phi) is 4.10. The highest BCUT2D eigenvalue weighted by atomic mass is 19.1. The van der Waals surface area contributed by atoms with Crippen LogP contribution in [0.15, 0.2) is 48.5 Å². The zero-order chi connectivity index (χ0) is 16.4. The summed E-state index contributed by atoms with van der Waals surface area (Å²) in [5.74, 6) is -0.768. The van der Waals surface area contributed by atoms with Crippen molar-refractivity contribution in [3.8, 4) is 0 Å². The van der Waals surface area contributed by atoms with Crippen LogP contribution in [0.2, 0.25) is 0 Å². The van der Waals surface area contributed by atoms with Crippen LogP contribution in [0.4, 0.5) is 10.1 Å². The summed E-state index contributed by atoms with van der Waals surface area (Å²) in [5.41, 5.74) is 2.17. The maximum Gasteiger partial charge on any atom is 0.251 e. The number of nitrogens with one attached hydrogen (secondary N) is 1. The molecule has 2 aromatic rings. The number of halogens is 1. The lowest BCUT2D eigenvalue weighted by Crippen LogP contribution is -2.41. The number of carbonyl (C=O) groups is 2. The minimum absolute atomic E-state index is 0.169. The fourth-order valence-electron chi connectivity index (χ4n) is 2.72. The topological polar surface area (TPSA) is 49.4 Å². The van der Waals surface area contributed by atoms with E-state index in [4.69, 9.17) is 0 Å². The molecule has 3 rings (SSSR count). The molecule has 118 valence electrons. The molecule has 0 aliphatic carbocycles. The highest BCUT2D eigenvalue weighted by Crippen LogP contribution is 2.22. The van der Waals surface area contributed by atoms with Crippen LogP contribution in [0.5, 0.6) is 0 Å². The molecule has 23 heavy (non-hydrogen) atoms. The lowest BCUT2D eigenvalue weighted by molar-refractivity contribution is -0.118. The van der Waals surface area contributed by atoms with Gasteiger partial charge in [0.25, 0.3) is 5.91 Å². The number of anilines is 1. The molecule has 1 fully saturated rings. The maximum absolute atomic E-state index is 13.0. The van der Waals surface area contributed by atoms with E-state index in [1.165, 1.54) is 12.1 Å². The van der Waals surface area contributed by atoms with Gasteiger partial charge < -0.3 is 10.2 Å². The number of rotatable bonds is 3. The van der Waals surface area contributed by atoms with Gasteiger partial charge in [-0.25, -0.2) is 4.39 Å². The summed E-state index contributed by atoms with van der Waals surface area (Å²) < 4.78 is 13.0. The second kappa shape index (κ2) is 6.20. The second-order valence-electron chi connectivity index (χ2n) is 5.65. The first-order valence-electron chi connectivity index (χ1n) is 7.49. The normalized spacial score (nSPS) is 17.4. The molecule has 2 aromatic carbocycles. The van der Waals surface area contributed by atoms with Gasteiger partial charge in [0, 0.05) is 17.8 Å². The third kappa shape index (κ3) is 3.23. The van der Waals surface area contributed by atoms with Crippen molar-refractivity contribution in [2.45, 2.75) is 19.4 Å². The van der Waals surface area contributed by atoms with Crippen LogP contribution in [0.3, 0.4) is 0 Å². The quantitative estimate of drug-likeness (QED) is 0.947. The largest absolute Gasteiger partial charge is 0.340 e. The van der Waals surface area contributed by atoms with Gasteiger partial charge in [0.2, 0.25) is 5.91 Å². The average Bonchev–Trinajstić information content (AvgIpc) is 2.89. The molecule has 0 spiro atoms. The van der Waals surface area contributed by atoms with E-state index in [-0.39, 0.29) is 17.6 Å². The Morgan fingerprint density at radius 2 is 1.96 bits per heavy atom. The predicted octanol–water partition coefficient (Wildman–Crippen LogP) is 2.67. The van der Waals surface area contributed by atoms with E-state index in [0.29, 0.717) is 24.2 Å². The van der Waals surface area contributed by atoms with Gasteiger partial charge in [0.15, 0.2) is 0 Å². The number of aryl methyl sites for hydroxylation is 1. The molecule has 5 heteroatoms. The first-order chi connectivity index (χ1) is 11.0. The van der Waals surface area contributed by atoms with Crippen LogP contribution < -0.4 is 10.2 Å². The molecule has 4 nitrogen and oxygen atoms in total. The van der Waals surface area contributed by atoms with Gasteiger partial charge in [0.1, 0.15) is 11.9 Å². The molecule has 1 aliphatic rings. The summed E-state index contributed by atoms with van der Waals surface area (Å²) in [6.07, 6.45) is 0.535. The molecule has 1 heterocycles. The summed E-state index contributed by atoms with van der Waals surface area (Å²) in [7, 11) is 0. The molecular formula is C18H17FN2O2. The molecule has 0 radical (unpaired) electrons. The van der Waals surface area contributed by atoms with Crippen molar-refractivity contribution in [3.63, 3.8) is 0 Å². The molecule has 0 saturated carbocycles. The highest BCUT2D eigenvalue weighted by Gasteiger charge is 2.33. The second-order valence-corrected chi connectivity index (χ2v) is 5.65. The summed E-state index contributed by atoms with van der Waals surface area (Å²) in [6.45, 7) is 2.41. The zero-order valence-corrected chi connectivity index (χ0v) is 12.8. The smallest absolute Gasteiger partial charge is 0.251 e. The van der Waals surface area contributed by atoms with Crippen molar-refractivity contribution < 1.29 is 14.0 Å². The van der Waals surface area contributed by atoms with Gasteiger partial charge in [0.05, 0.1) is 0 Å². The van der Waals surface area contributed by atoms with E-state index in [1.54, 1.807) is 29.2 Å². The zero-order valence-electron chi connectivity index (χ0n) is 12.8. The lowest BCUT2D eigenvalue weighted by Gasteiger charge is -2.17. The van der Waals surface area contributed by atoms with Gasteiger partial charge in [-0.15, -0.1) is 0 Å². The number of carbonyl (C=O) groups excluding carboxylic acids is 2. The summed E-state index contributed by atoms with van der Waals surface area (Å²) in [5, 5.41) is 2.78. The van der Waals surface area contributed by atoms with E-state index < -0.39 is 6.04 Å². The maximum atomic E-state index is 13.0. The minimum atomic E-state index is -0.548. The van der Waals surface area contributed by atoms with Crippen molar-refractivity contribution in [2.75, 3.05) is 11.4 Å². The Bertz CT molecular complexity index is 743. The number of hydrogen-bond donors (Lipinski definition) is 1. The van der Waals surface area contributed by atoms with E-state index in [1.807, 2.05) is 19.1 Å². The molecule has 0 unspecified atom stereocenters. The van der Waals surface area contributed by atoms with Gasteiger partial charge >= 0.3 is 0 Å². The molecule has 1 aliphatic heterocycles. The Morgan fingerprint density at radius 1 is 1.22 bits per heavy atom. The Hall–Kier alpha value is -2.69. The molecule has 1 atom stereocenters. The fourth-order valence-corrected chi connectivity index (χ4v) is 2.72. The monoisotopic (exact) mass is 312 g/mol. The molecule has 1 saturated heterocycles. The lowest BCUT2D eigenvalue weighted by atomic mass is 10.1. The Balaban J connectivity index is 1.69. The van der Waals surface area contributed by atoms with Crippen molar-refractivity contribution in [2.24, 2.45) is 0 Å². The van der Waals surface area contributed by atoms with Crippen LogP contribution in [-0.4, -0.2) is 24.4 Å². The van der Waals surface area contributed by atoms with Gasteiger partial charge in [-0.1, -0.05) is 17.7 Å². The number of benzene rings is 2. The van der Waals surface area contributed by atoms with Gasteiger partial charge in [-0.3, -0.25) is 9.59 Å². The van der Waals surface area contributed by atoms with Crippen molar-refractivity contribution >= 4 is 17.5 Å². The minimum Gasteiger partial charge on any atom is -0.340 e. The van der Waals surface area contributed by atoms with E-state index in [2.05, 4.69) is 5.32 Å². The average molecular weight is 312 g/mol. The number of hydrogen-bond acceptors (Lipinski definition) is 2. The summed E-state index contributed by atoms with van der Waals surface area (Å²) in [4.78, 5) is 26.3. The van der Waals surface area contributed by atoms with Crippen LogP contribution in [-0.2, 0) is 4.79 Å². The highest BCUT2D eigenvalue weighted by molar-refractivity contribution is 6.03. The standard InChI is InChI=1S/C18H17FN2O2/c1-12-3-2-4-13(11-12)17(22)20-16-9-10-21(18(16)23)15-7-5-14(19)6-8-15/h2-8,11,16H,9-10H2,1H3,(H,20,22)/t16-/m1/s1. The van der Waals surface area contributed by atoms with Crippen LogP contribution in [0.25, 0.3) is 0 Å². The van der Waals surface area contributed by atoms with E-state index in [9.17, 15) is 14.0 Å². The molecular weight excluding hydrogens is 295 g/mol. The first-order valence-corrected chi connectivity index (χ1v) is 7.49. The Labute approximate surface area is 133 Å². The number of nitrogens with zero attached hydrogens (tertiary/aromatic N) is 1. The van der Waals surface area contributed by atoms with Crippen LogP contribution in [0.1, 0.15) is 22.3 Å². The van der Waals surface area contributed by atoms with Crippen molar-refractivity contribution in [1.82, 2.24) is 5.32 Å². The van der Waals surface area contributed by atoms with Gasteiger partial charge in [-0.05, 0) is 49.7 Å². The summed E-state index contributed by atoms with van der Waals surface area (Å²) >= 11 is 0. The molecule has 0 bridgehead atoms. The first kappa shape index (κ1) is 15.2.